The maximum atomic E-state index is 6.04. The second-order valence-corrected chi connectivity index (χ2v) is 4.73. The molecule has 0 fully saturated rings. The van der Waals surface area contributed by atoms with E-state index in [-0.39, 0.29) is 0 Å². The van der Waals surface area contributed by atoms with Gasteiger partial charge in [0, 0.05) is 12.7 Å². The highest BCUT2D eigenvalue weighted by atomic mass is 35.5. The van der Waals surface area contributed by atoms with Gasteiger partial charge < -0.3 is 10.1 Å². The molecule has 0 aliphatic carbocycles. The predicted octanol–water partition coefficient (Wildman–Crippen LogP) is 4.40. The largest absolute Gasteiger partial charge is 0.486 e. The van der Waals surface area contributed by atoms with Crippen LogP contribution in [0.5, 0.6) is 5.75 Å². The zero-order chi connectivity index (χ0) is 13.7. The van der Waals surface area contributed by atoms with Crippen LogP contribution in [0.1, 0.15) is 12.5 Å². The number of halogens is 2. The number of ether oxygens (including phenoxy) is 1. The van der Waals surface area contributed by atoms with Crippen LogP contribution in [0.25, 0.3) is 0 Å². The van der Waals surface area contributed by atoms with Crippen molar-refractivity contribution in [2.45, 2.75) is 13.5 Å². The lowest BCUT2D eigenvalue weighted by Crippen LogP contribution is -2.02. The molecule has 5 heteroatoms. The van der Waals surface area contributed by atoms with Crippen molar-refractivity contribution in [1.82, 2.24) is 4.98 Å². The van der Waals surface area contributed by atoms with E-state index < -0.39 is 0 Å². The van der Waals surface area contributed by atoms with Crippen LogP contribution in [0.2, 0.25) is 10.0 Å². The van der Waals surface area contributed by atoms with Crippen LogP contribution in [0, 0.1) is 0 Å². The van der Waals surface area contributed by atoms with Crippen LogP contribution in [-0.4, -0.2) is 11.5 Å². The molecule has 0 atom stereocenters. The van der Waals surface area contributed by atoms with Gasteiger partial charge in [-0.3, -0.25) is 0 Å². The molecule has 1 heterocycles. The lowest BCUT2D eigenvalue weighted by Gasteiger charge is -2.10. The summed E-state index contributed by atoms with van der Waals surface area (Å²) >= 11 is 12.1. The first-order valence-electron chi connectivity index (χ1n) is 5.96. The number of rotatable bonds is 5. The summed E-state index contributed by atoms with van der Waals surface area (Å²) in [5.74, 6) is 1.33. The molecule has 0 unspecified atom stereocenters. The van der Waals surface area contributed by atoms with E-state index in [1.165, 1.54) is 0 Å². The fourth-order valence-electron chi connectivity index (χ4n) is 1.62. The first-order chi connectivity index (χ1) is 9.20. The third-order valence-corrected chi connectivity index (χ3v) is 3.08. The molecule has 100 valence electrons. The Morgan fingerprint density at radius 3 is 2.63 bits per heavy atom. The quantitative estimate of drug-likeness (QED) is 0.888. The molecule has 2 rings (SSSR count). The Morgan fingerprint density at radius 2 is 1.95 bits per heavy atom. The second-order valence-electron chi connectivity index (χ2n) is 3.92. The first-order valence-corrected chi connectivity index (χ1v) is 6.72. The van der Waals surface area contributed by atoms with Crippen LogP contribution >= 0.6 is 23.2 Å². The van der Waals surface area contributed by atoms with Crippen LogP contribution in [0.3, 0.4) is 0 Å². The Labute approximate surface area is 122 Å². The molecular formula is C14H14Cl2N2O. The molecule has 0 radical (unpaired) electrons. The van der Waals surface area contributed by atoms with Crippen molar-refractivity contribution < 1.29 is 4.74 Å². The molecule has 0 aliphatic heterocycles. The predicted molar refractivity (Wildman–Crippen MR) is 79.2 cm³/mol. The Morgan fingerprint density at radius 1 is 1.21 bits per heavy atom. The number of aromatic nitrogens is 1. The number of anilines is 1. The summed E-state index contributed by atoms with van der Waals surface area (Å²) in [6.45, 7) is 3.24. The third kappa shape index (κ3) is 3.75. The number of nitrogens with zero attached hydrogens (tertiary/aromatic N) is 1. The summed E-state index contributed by atoms with van der Waals surface area (Å²) < 4.78 is 5.67. The molecule has 3 nitrogen and oxygen atoms in total. The van der Waals surface area contributed by atoms with E-state index in [0.717, 1.165) is 17.9 Å². The second kappa shape index (κ2) is 6.64. The molecule has 19 heavy (non-hydrogen) atoms. The number of para-hydroxylation sites is 1. The molecule has 1 aromatic carbocycles. The van der Waals surface area contributed by atoms with Crippen LogP contribution < -0.4 is 10.1 Å². The van der Waals surface area contributed by atoms with Crippen molar-refractivity contribution in [2.24, 2.45) is 0 Å². The summed E-state index contributed by atoms with van der Waals surface area (Å²) in [5, 5.41) is 4.17. The van der Waals surface area contributed by atoms with E-state index in [9.17, 15) is 0 Å². The molecule has 0 saturated heterocycles. The SMILES string of the molecule is CCNc1cc(COc2c(Cl)cccc2Cl)ccn1. The van der Waals surface area contributed by atoms with Gasteiger partial charge in [0.15, 0.2) is 5.75 Å². The van der Waals surface area contributed by atoms with E-state index in [1.54, 1.807) is 24.4 Å². The highest BCUT2D eigenvalue weighted by Gasteiger charge is 2.07. The number of pyridine rings is 1. The lowest BCUT2D eigenvalue weighted by atomic mass is 10.2. The molecule has 1 N–H and O–H groups in total. The van der Waals surface area contributed by atoms with Crippen molar-refractivity contribution in [1.29, 1.82) is 0 Å². The minimum atomic E-state index is 0.393. The van der Waals surface area contributed by atoms with E-state index in [0.29, 0.717) is 22.4 Å². The molecule has 0 aliphatic rings. The zero-order valence-corrected chi connectivity index (χ0v) is 12.0. The van der Waals surface area contributed by atoms with Crippen molar-refractivity contribution in [2.75, 3.05) is 11.9 Å². The van der Waals surface area contributed by atoms with Gasteiger partial charge in [-0.2, -0.15) is 0 Å². The van der Waals surface area contributed by atoms with Gasteiger partial charge in [0.1, 0.15) is 12.4 Å². The number of hydrogen-bond acceptors (Lipinski definition) is 3. The Kier molecular flexibility index (Phi) is 4.88. The number of hydrogen-bond donors (Lipinski definition) is 1. The van der Waals surface area contributed by atoms with Crippen molar-refractivity contribution >= 4 is 29.0 Å². The normalized spacial score (nSPS) is 10.3. The van der Waals surface area contributed by atoms with Gasteiger partial charge in [0.25, 0.3) is 0 Å². The first kappa shape index (κ1) is 14.0. The average molecular weight is 297 g/mol. The van der Waals surface area contributed by atoms with E-state index in [4.69, 9.17) is 27.9 Å². The van der Waals surface area contributed by atoms with Gasteiger partial charge >= 0.3 is 0 Å². The topological polar surface area (TPSA) is 34.1 Å². The van der Waals surface area contributed by atoms with Crippen LogP contribution in [-0.2, 0) is 6.61 Å². The monoisotopic (exact) mass is 296 g/mol. The number of benzene rings is 1. The van der Waals surface area contributed by atoms with Gasteiger partial charge in [-0.15, -0.1) is 0 Å². The van der Waals surface area contributed by atoms with Crippen molar-refractivity contribution in [3.8, 4) is 5.75 Å². The van der Waals surface area contributed by atoms with Gasteiger partial charge in [-0.25, -0.2) is 4.98 Å². The standard InChI is InChI=1S/C14H14Cl2N2O/c1-2-17-13-8-10(6-7-18-13)9-19-14-11(15)4-3-5-12(14)16/h3-8H,2,9H2,1H3,(H,17,18). The molecule has 0 spiro atoms. The zero-order valence-electron chi connectivity index (χ0n) is 10.5. The smallest absolute Gasteiger partial charge is 0.156 e. The highest BCUT2D eigenvalue weighted by Crippen LogP contribution is 2.32. The minimum Gasteiger partial charge on any atom is -0.486 e. The van der Waals surface area contributed by atoms with Crippen molar-refractivity contribution in [3.63, 3.8) is 0 Å². The van der Waals surface area contributed by atoms with E-state index in [1.807, 2.05) is 19.1 Å². The van der Waals surface area contributed by atoms with E-state index in [2.05, 4.69) is 10.3 Å². The molecule has 0 amide bonds. The number of nitrogens with one attached hydrogen (secondary N) is 1. The maximum Gasteiger partial charge on any atom is 0.156 e. The fourth-order valence-corrected chi connectivity index (χ4v) is 2.12. The van der Waals surface area contributed by atoms with Gasteiger partial charge in [0.2, 0.25) is 0 Å². The van der Waals surface area contributed by atoms with Crippen LogP contribution in [0.15, 0.2) is 36.5 Å². The minimum absolute atomic E-state index is 0.393. The van der Waals surface area contributed by atoms with Gasteiger partial charge in [-0.05, 0) is 36.8 Å². The summed E-state index contributed by atoms with van der Waals surface area (Å²) in [7, 11) is 0. The highest BCUT2D eigenvalue weighted by molar-refractivity contribution is 6.37. The molecule has 0 bridgehead atoms. The Bertz CT molecular complexity index is 541. The van der Waals surface area contributed by atoms with Crippen LogP contribution in [0.4, 0.5) is 5.82 Å². The fraction of sp³-hybridized carbons (Fsp3) is 0.214. The Hall–Kier alpha value is -1.45. The summed E-state index contributed by atoms with van der Waals surface area (Å²) in [6, 6.07) is 9.12. The Balaban J connectivity index is 2.08. The molecule has 2 aromatic rings. The lowest BCUT2D eigenvalue weighted by molar-refractivity contribution is 0.306. The average Bonchev–Trinajstić information content (AvgIpc) is 2.39. The summed E-state index contributed by atoms with van der Waals surface area (Å²) in [4.78, 5) is 4.20. The van der Waals surface area contributed by atoms with Gasteiger partial charge in [-0.1, -0.05) is 29.3 Å². The maximum absolute atomic E-state index is 6.04. The molecule has 0 saturated carbocycles. The van der Waals surface area contributed by atoms with Crippen molar-refractivity contribution in [3.05, 3.63) is 52.1 Å². The molecule has 1 aromatic heterocycles. The van der Waals surface area contributed by atoms with E-state index >= 15 is 0 Å². The third-order valence-electron chi connectivity index (χ3n) is 2.48. The van der Waals surface area contributed by atoms with Gasteiger partial charge in [0.05, 0.1) is 10.0 Å². The summed E-state index contributed by atoms with van der Waals surface area (Å²) in [5.41, 5.74) is 1.00. The summed E-state index contributed by atoms with van der Waals surface area (Å²) in [6.07, 6.45) is 1.74. The molecular weight excluding hydrogens is 283 g/mol.